The summed E-state index contributed by atoms with van der Waals surface area (Å²) in [5, 5.41) is 0. The molecule has 56 heavy (non-hydrogen) atoms. The van der Waals surface area contributed by atoms with Gasteiger partial charge in [0.05, 0.1) is 39.8 Å². The van der Waals surface area contributed by atoms with E-state index in [-0.39, 0.29) is 0 Å². The van der Waals surface area contributed by atoms with Gasteiger partial charge in [0.15, 0.2) is 0 Å². The summed E-state index contributed by atoms with van der Waals surface area (Å²) in [6.45, 7) is 0. The molecule has 0 bridgehead atoms. The quantitative estimate of drug-likeness (QED) is 0.164. The second-order valence-corrected chi connectivity index (χ2v) is 13.8. The summed E-state index contributed by atoms with van der Waals surface area (Å²) in [4.78, 5) is 14.9. The van der Waals surface area contributed by atoms with Crippen molar-refractivity contribution in [3.63, 3.8) is 0 Å². The molecule has 0 spiro atoms. The molecule has 1 aliphatic rings. The van der Waals surface area contributed by atoms with Gasteiger partial charge < -0.3 is 9.80 Å². The molecule has 0 unspecified atom stereocenters. The van der Waals surface area contributed by atoms with Gasteiger partial charge in [0.2, 0.25) is 0 Å². The molecule has 1 aliphatic heterocycles. The standard InChI is InChI=1S/C52H36N4/c1-5-17-39(18-6-1)48-49(40-31-29-37(30-32-40)38-33-35-53-36-34-38)52(51(42-21-9-3-10-22-42)54-50(48)41-19-7-2-8-20-41)56-46-27-15-13-25-44(46)55(43-23-11-4-12-24-43)45-26-14-16-28-47(45)56/h1-36H. The highest BCUT2D eigenvalue weighted by Crippen LogP contribution is 2.59. The molecular weight excluding hydrogens is 681 g/mol. The lowest BCUT2D eigenvalue weighted by Gasteiger charge is -2.42. The van der Waals surface area contributed by atoms with Gasteiger partial charge >= 0.3 is 0 Å². The number of benzene rings is 7. The van der Waals surface area contributed by atoms with Gasteiger partial charge in [-0.2, -0.15) is 0 Å². The highest BCUT2D eigenvalue weighted by atomic mass is 15.3. The van der Waals surface area contributed by atoms with Gasteiger partial charge in [0.25, 0.3) is 0 Å². The molecule has 7 aromatic carbocycles. The van der Waals surface area contributed by atoms with Crippen LogP contribution in [-0.2, 0) is 0 Å². The number of fused-ring (bicyclic) bond motifs is 2. The van der Waals surface area contributed by atoms with Crippen molar-refractivity contribution in [1.82, 2.24) is 9.97 Å². The van der Waals surface area contributed by atoms with E-state index in [9.17, 15) is 0 Å². The highest BCUT2D eigenvalue weighted by Gasteiger charge is 2.35. The van der Waals surface area contributed by atoms with Crippen LogP contribution in [0.1, 0.15) is 0 Å². The summed E-state index contributed by atoms with van der Waals surface area (Å²) >= 11 is 0. The van der Waals surface area contributed by atoms with E-state index >= 15 is 0 Å². The number of hydrogen-bond acceptors (Lipinski definition) is 4. The molecule has 0 saturated carbocycles. The zero-order chi connectivity index (χ0) is 37.3. The highest BCUT2D eigenvalue weighted by molar-refractivity contribution is 6.11. The predicted octanol–water partition coefficient (Wildman–Crippen LogP) is 14.1. The van der Waals surface area contributed by atoms with Crippen LogP contribution in [0, 0.1) is 0 Å². The van der Waals surface area contributed by atoms with Crippen LogP contribution in [0.2, 0.25) is 0 Å². The number of nitrogens with zero attached hydrogens (tertiary/aromatic N) is 4. The molecule has 3 heterocycles. The number of aromatic nitrogens is 2. The van der Waals surface area contributed by atoms with Crippen LogP contribution < -0.4 is 9.80 Å². The van der Waals surface area contributed by atoms with Crippen LogP contribution in [0.25, 0.3) is 55.9 Å². The third kappa shape index (κ3) is 5.81. The maximum absolute atomic E-state index is 5.78. The number of rotatable bonds is 7. The van der Waals surface area contributed by atoms with Crippen LogP contribution in [-0.4, -0.2) is 9.97 Å². The maximum Gasteiger partial charge on any atom is 0.0956 e. The first-order valence-corrected chi connectivity index (χ1v) is 18.9. The minimum Gasteiger partial charge on any atom is -0.306 e. The Balaban J connectivity index is 1.36. The maximum atomic E-state index is 5.78. The Labute approximate surface area is 327 Å². The molecule has 0 fully saturated rings. The monoisotopic (exact) mass is 716 g/mol. The minimum absolute atomic E-state index is 0.898. The van der Waals surface area contributed by atoms with Crippen LogP contribution in [0.4, 0.5) is 34.1 Å². The largest absolute Gasteiger partial charge is 0.306 e. The van der Waals surface area contributed by atoms with Crippen molar-refractivity contribution in [2.45, 2.75) is 0 Å². The summed E-state index contributed by atoms with van der Waals surface area (Å²) in [7, 11) is 0. The minimum atomic E-state index is 0.898. The normalized spacial score (nSPS) is 11.9. The van der Waals surface area contributed by atoms with Gasteiger partial charge in [0.1, 0.15) is 0 Å². The van der Waals surface area contributed by atoms with Crippen molar-refractivity contribution in [2.75, 3.05) is 9.80 Å². The Morgan fingerprint density at radius 3 is 1.21 bits per heavy atom. The number of para-hydroxylation sites is 5. The van der Waals surface area contributed by atoms with Gasteiger partial charge in [-0.1, -0.05) is 158 Å². The van der Waals surface area contributed by atoms with E-state index in [1.54, 1.807) is 0 Å². The predicted molar refractivity (Wildman–Crippen MR) is 232 cm³/mol. The zero-order valence-electron chi connectivity index (χ0n) is 30.6. The first kappa shape index (κ1) is 33.0. The number of anilines is 6. The second kappa shape index (κ2) is 14.3. The van der Waals surface area contributed by atoms with Crippen molar-refractivity contribution >= 4 is 34.1 Å². The smallest absolute Gasteiger partial charge is 0.0956 e. The molecule has 0 radical (unpaired) electrons. The van der Waals surface area contributed by atoms with Gasteiger partial charge in [-0.15, -0.1) is 0 Å². The van der Waals surface area contributed by atoms with E-state index in [2.05, 4.69) is 221 Å². The van der Waals surface area contributed by atoms with E-state index in [0.29, 0.717) is 0 Å². The molecule has 0 amide bonds. The molecule has 0 aliphatic carbocycles. The average molecular weight is 717 g/mol. The lowest BCUT2D eigenvalue weighted by atomic mass is 9.86. The fourth-order valence-corrected chi connectivity index (χ4v) is 7.98. The van der Waals surface area contributed by atoms with E-state index in [0.717, 1.165) is 90.0 Å². The van der Waals surface area contributed by atoms with Crippen molar-refractivity contribution in [3.05, 3.63) is 219 Å². The molecule has 4 nitrogen and oxygen atoms in total. The fraction of sp³-hybridized carbons (Fsp3) is 0. The van der Waals surface area contributed by atoms with Crippen molar-refractivity contribution in [2.24, 2.45) is 0 Å². The van der Waals surface area contributed by atoms with Gasteiger partial charge in [0, 0.05) is 40.3 Å². The van der Waals surface area contributed by atoms with Gasteiger partial charge in [-0.3, -0.25) is 4.98 Å². The molecule has 264 valence electrons. The Bertz CT molecular complexity index is 2720. The van der Waals surface area contributed by atoms with E-state index < -0.39 is 0 Å². The van der Waals surface area contributed by atoms with Crippen molar-refractivity contribution < 1.29 is 0 Å². The summed E-state index contributed by atoms with van der Waals surface area (Å²) < 4.78 is 0. The SMILES string of the molecule is c1ccc(-c2nc(-c3ccccc3)c(N3c4ccccc4N(c4ccccc4)c4ccccc43)c(-c3ccc(-c4ccncc4)cc3)c2-c2ccccc2)cc1. The molecule has 9 aromatic rings. The third-order valence-corrected chi connectivity index (χ3v) is 10.5. The summed E-state index contributed by atoms with van der Waals surface area (Å²) in [5.74, 6) is 0. The molecule has 0 N–H and O–H groups in total. The van der Waals surface area contributed by atoms with E-state index in [1.165, 1.54) is 0 Å². The van der Waals surface area contributed by atoms with Crippen LogP contribution in [0.5, 0.6) is 0 Å². The molecular formula is C52H36N4. The van der Waals surface area contributed by atoms with Crippen LogP contribution in [0.3, 0.4) is 0 Å². The molecule has 10 rings (SSSR count). The molecule has 0 saturated heterocycles. The number of hydrogen-bond donors (Lipinski definition) is 0. The van der Waals surface area contributed by atoms with E-state index in [1.807, 2.05) is 12.4 Å². The Morgan fingerprint density at radius 2 is 0.679 bits per heavy atom. The summed E-state index contributed by atoms with van der Waals surface area (Å²) in [5.41, 5.74) is 17.0. The Morgan fingerprint density at radius 1 is 0.286 bits per heavy atom. The van der Waals surface area contributed by atoms with Gasteiger partial charge in [-0.25, -0.2) is 4.98 Å². The molecule has 0 atom stereocenters. The first-order valence-electron chi connectivity index (χ1n) is 18.9. The van der Waals surface area contributed by atoms with E-state index in [4.69, 9.17) is 4.98 Å². The Hall–Kier alpha value is -7.56. The molecule has 2 aromatic heterocycles. The van der Waals surface area contributed by atoms with Crippen LogP contribution in [0.15, 0.2) is 219 Å². The first-order chi connectivity index (χ1) is 27.8. The summed E-state index contributed by atoms with van der Waals surface area (Å²) in [6, 6.07) is 73.2. The van der Waals surface area contributed by atoms with Gasteiger partial charge in [-0.05, 0) is 70.8 Å². The average Bonchev–Trinajstić information content (AvgIpc) is 3.29. The van der Waals surface area contributed by atoms with Crippen molar-refractivity contribution in [3.8, 4) is 55.9 Å². The topological polar surface area (TPSA) is 32.3 Å². The zero-order valence-corrected chi connectivity index (χ0v) is 30.6. The molecule has 4 heteroatoms. The lowest BCUT2D eigenvalue weighted by Crippen LogP contribution is -2.25. The third-order valence-electron chi connectivity index (χ3n) is 10.5. The fourth-order valence-electron chi connectivity index (χ4n) is 7.98. The second-order valence-electron chi connectivity index (χ2n) is 13.8. The lowest BCUT2D eigenvalue weighted by molar-refractivity contribution is 1.16. The van der Waals surface area contributed by atoms with Crippen LogP contribution >= 0.6 is 0 Å². The number of pyridine rings is 2. The Kier molecular flexibility index (Phi) is 8.47. The summed E-state index contributed by atoms with van der Waals surface area (Å²) in [6.07, 6.45) is 3.69. The van der Waals surface area contributed by atoms with Crippen molar-refractivity contribution in [1.29, 1.82) is 0 Å².